The van der Waals surface area contributed by atoms with Crippen LogP contribution >= 0.6 is 0 Å². The highest BCUT2D eigenvalue weighted by Gasteiger charge is 2.52. The molecule has 1 unspecified atom stereocenters. The Kier molecular flexibility index (Phi) is 3.25. The van der Waals surface area contributed by atoms with Gasteiger partial charge in [0, 0.05) is 5.56 Å². The number of aromatic hydroxyl groups is 1. The summed E-state index contributed by atoms with van der Waals surface area (Å²) in [6.07, 6.45) is -4.85. The first-order valence-corrected chi connectivity index (χ1v) is 4.86. The summed E-state index contributed by atoms with van der Waals surface area (Å²) in [5.74, 6) is -0.604. The second kappa shape index (κ2) is 4.07. The van der Waals surface area contributed by atoms with Crippen molar-refractivity contribution in [3.05, 3.63) is 35.9 Å². The van der Waals surface area contributed by atoms with Crippen LogP contribution in [0.15, 0.2) is 24.8 Å². The molecule has 1 aromatic rings. The van der Waals surface area contributed by atoms with E-state index in [9.17, 15) is 23.4 Å². The molecule has 5 heteroatoms. The maximum Gasteiger partial charge on any atom is 0.421 e. The summed E-state index contributed by atoms with van der Waals surface area (Å²) in [6.45, 7) is 5.87. The minimum Gasteiger partial charge on any atom is -0.508 e. The number of aliphatic hydroxyl groups is 1. The van der Waals surface area contributed by atoms with Gasteiger partial charge in [-0.15, -0.1) is 0 Å². The van der Waals surface area contributed by atoms with Crippen molar-refractivity contribution in [3.8, 4) is 5.75 Å². The van der Waals surface area contributed by atoms with Gasteiger partial charge in [-0.3, -0.25) is 0 Å². The van der Waals surface area contributed by atoms with Crippen LogP contribution in [-0.2, 0) is 5.60 Å². The predicted octanol–water partition coefficient (Wildman–Crippen LogP) is 3.20. The van der Waals surface area contributed by atoms with E-state index in [4.69, 9.17) is 0 Å². The number of allylic oxidation sites excluding steroid dienone is 1. The van der Waals surface area contributed by atoms with Gasteiger partial charge in [0.05, 0.1) is 0 Å². The fourth-order valence-electron chi connectivity index (χ4n) is 1.36. The van der Waals surface area contributed by atoms with Crippen molar-refractivity contribution in [2.45, 2.75) is 25.6 Å². The molecule has 0 fully saturated rings. The standard InChI is InChI=1S/C12H13F3O2/c1-7(2)8-4-5-9(10(16)6-8)11(3,17)12(13,14)15/h4-6,16-17H,1H2,2-3H3. The predicted molar refractivity (Wildman–Crippen MR) is 58.4 cm³/mol. The number of alkyl halides is 3. The summed E-state index contributed by atoms with van der Waals surface area (Å²) in [5.41, 5.74) is -2.53. The van der Waals surface area contributed by atoms with E-state index in [0.29, 0.717) is 18.1 Å². The smallest absolute Gasteiger partial charge is 0.421 e. The lowest BCUT2D eigenvalue weighted by molar-refractivity contribution is -0.259. The van der Waals surface area contributed by atoms with Crippen molar-refractivity contribution in [1.82, 2.24) is 0 Å². The third-order valence-electron chi connectivity index (χ3n) is 2.57. The number of phenols is 1. The van der Waals surface area contributed by atoms with E-state index in [1.54, 1.807) is 6.92 Å². The number of rotatable bonds is 2. The first-order valence-electron chi connectivity index (χ1n) is 4.86. The van der Waals surface area contributed by atoms with Crippen molar-refractivity contribution < 1.29 is 23.4 Å². The number of hydrogen-bond acceptors (Lipinski definition) is 2. The van der Waals surface area contributed by atoms with Gasteiger partial charge in [-0.25, -0.2) is 0 Å². The topological polar surface area (TPSA) is 40.5 Å². The molecule has 17 heavy (non-hydrogen) atoms. The van der Waals surface area contributed by atoms with E-state index < -0.39 is 23.1 Å². The van der Waals surface area contributed by atoms with Gasteiger partial charge in [0.2, 0.25) is 0 Å². The highest BCUT2D eigenvalue weighted by Crippen LogP contribution is 2.42. The summed E-state index contributed by atoms with van der Waals surface area (Å²) in [5, 5.41) is 19.0. The highest BCUT2D eigenvalue weighted by atomic mass is 19.4. The Labute approximate surface area is 97.0 Å². The Balaban J connectivity index is 3.30. The molecule has 0 aromatic heterocycles. The third kappa shape index (κ3) is 2.44. The van der Waals surface area contributed by atoms with Gasteiger partial charge in [0.1, 0.15) is 5.75 Å². The molecule has 0 heterocycles. The molecule has 0 aliphatic carbocycles. The number of hydrogen-bond donors (Lipinski definition) is 2. The van der Waals surface area contributed by atoms with E-state index in [1.165, 1.54) is 6.07 Å². The number of halogens is 3. The Morgan fingerprint density at radius 1 is 1.29 bits per heavy atom. The molecule has 0 bridgehead atoms. The van der Waals surface area contributed by atoms with Crippen LogP contribution in [0.1, 0.15) is 25.0 Å². The lowest BCUT2D eigenvalue weighted by Crippen LogP contribution is -2.39. The van der Waals surface area contributed by atoms with Gasteiger partial charge < -0.3 is 10.2 Å². The van der Waals surface area contributed by atoms with Crippen LogP contribution in [-0.4, -0.2) is 16.4 Å². The second-order valence-corrected chi connectivity index (χ2v) is 4.08. The molecule has 1 atom stereocenters. The molecule has 0 radical (unpaired) electrons. The Hall–Kier alpha value is -1.49. The van der Waals surface area contributed by atoms with Crippen LogP contribution in [0.5, 0.6) is 5.75 Å². The molecule has 0 saturated heterocycles. The van der Waals surface area contributed by atoms with E-state index in [-0.39, 0.29) is 0 Å². The monoisotopic (exact) mass is 246 g/mol. The van der Waals surface area contributed by atoms with E-state index >= 15 is 0 Å². The highest BCUT2D eigenvalue weighted by molar-refractivity contribution is 5.63. The first kappa shape index (κ1) is 13.6. The summed E-state index contributed by atoms with van der Waals surface area (Å²) in [7, 11) is 0. The van der Waals surface area contributed by atoms with E-state index in [0.717, 1.165) is 12.1 Å². The van der Waals surface area contributed by atoms with Crippen LogP contribution in [0.3, 0.4) is 0 Å². The van der Waals surface area contributed by atoms with Gasteiger partial charge >= 0.3 is 6.18 Å². The van der Waals surface area contributed by atoms with Crippen molar-refractivity contribution in [2.75, 3.05) is 0 Å². The average molecular weight is 246 g/mol. The SMILES string of the molecule is C=C(C)c1ccc(C(C)(O)C(F)(F)F)c(O)c1. The molecule has 1 aromatic carbocycles. The van der Waals surface area contributed by atoms with Gasteiger partial charge in [-0.2, -0.15) is 13.2 Å². The quantitative estimate of drug-likeness (QED) is 0.841. The Morgan fingerprint density at radius 3 is 2.18 bits per heavy atom. The molecule has 0 amide bonds. The lowest BCUT2D eigenvalue weighted by atomic mass is 9.92. The van der Waals surface area contributed by atoms with E-state index in [2.05, 4.69) is 6.58 Å². The van der Waals surface area contributed by atoms with Crippen molar-refractivity contribution in [2.24, 2.45) is 0 Å². The van der Waals surface area contributed by atoms with Crippen LogP contribution in [0, 0.1) is 0 Å². The molecule has 0 spiro atoms. The first-order chi connectivity index (χ1) is 7.57. The fraction of sp³-hybridized carbons (Fsp3) is 0.333. The zero-order valence-electron chi connectivity index (χ0n) is 9.47. The van der Waals surface area contributed by atoms with Crippen molar-refractivity contribution in [3.63, 3.8) is 0 Å². The second-order valence-electron chi connectivity index (χ2n) is 4.08. The van der Waals surface area contributed by atoms with E-state index in [1.807, 2.05) is 0 Å². The average Bonchev–Trinajstić information content (AvgIpc) is 2.15. The molecule has 0 saturated carbocycles. The van der Waals surface area contributed by atoms with Crippen LogP contribution < -0.4 is 0 Å². The van der Waals surface area contributed by atoms with Crippen molar-refractivity contribution >= 4 is 5.57 Å². The molecule has 2 nitrogen and oxygen atoms in total. The molecule has 1 rings (SSSR count). The summed E-state index contributed by atoms with van der Waals surface area (Å²) in [6, 6.07) is 3.57. The van der Waals surface area contributed by atoms with Crippen LogP contribution in [0.2, 0.25) is 0 Å². The lowest BCUT2D eigenvalue weighted by Gasteiger charge is -2.27. The zero-order valence-corrected chi connectivity index (χ0v) is 9.47. The Morgan fingerprint density at radius 2 is 1.82 bits per heavy atom. The third-order valence-corrected chi connectivity index (χ3v) is 2.57. The van der Waals surface area contributed by atoms with Gasteiger partial charge in [-0.05, 0) is 25.5 Å². The minimum absolute atomic E-state index is 0.518. The summed E-state index contributed by atoms with van der Waals surface area (Å²) < 4.78 is 37.7. The largest absolute Gasteiger partial charge is 0.508 e. The fourth-order valence-corrected chi connectivity index (χ4v) is 1.36. The molecular formula is C12H13F3O2. The Bertz CT molecular complexity index is 448. The van der Waals surface area contributed by atoms with Crippen molar-refractivity contribution in [1.29, 1.82) is 0 Å². The van der Waals surface area contributed by atoms with Gasteiger partial charge in [-0.1, -0.05) is 24.3 Å². The maximum atomic E-state index is 12.6. The molecule has 0 aliphatic heterocycles. The maximum absolute atomic E-state index is 12.6. The minimum atomic E-state index is -4.85. The molecular weight excluding hydrogens is 233 g/mol. The summed E-state index contributed by atoms with van der Waals surface area (Å²) >= 11 is 0. The number of benzene rings is 1. The van der Waals surface area contributed by atoms with Gasteiger partial charge in [0.15, 0.2) is 5.60 Å². The molecule has 0 aliphatic rings. The number of phenolic OH excluding ortho intramolecular Hbond substituents is 1. The zero-order chi connectivity index (χ0) is 13.4. The normalized spacial score (nSPS) is 15.4. The summed E-state index contributed by atoms with van der Waals surface area (Å²) in [4.78, 5) is 0. The van der Waals surface area contributed by atoms with Gasteiger partial charge in [0.25, 0.3) is 0 Å². The molecule has 2 N–H and O–H groups in total. The van der Waals surface area contributed by atoms with Crippen LogP contribution in [0.4, 0.5) is 13.2 Å². The van der Waals surface area contributed by atoms with Crippen LogP contribution in [0.25, 0.3) is 5.57 Å². The molecule has 94 valence electrons.